The molecule has 0 aromatic heterocycles. The van der Waals surface area contributed by atoms with E-state index >= 15 is 0 Å². The van der Waals surface area contributed by atoms with Gasteiger partial charge in [-0.05, 0) is 148 Å². The summed E-state index contributed by atoms with van der Waals surface area (Å²) in [6.07, 6.45) is 8.50. The van der Waals surface area contributed by atoms with Crippen molar-refractivity contribution in [1.82, 2.24) is 25.8 Å². The van der Waals surface area contributed by atoms with Gasteiger partial charge in [-0.15, -0.1) is 0 Å². The Morgan fingerprint density at radius 1 is 0.844 bits per heavy atom. The Kier molecular flexibility index (Phi) is 13.3. The van der Waals surface area contributed by atoms with Gasteiger partial charge in [0.25, 0.3) is 5.91 Å². The predicted octanol–water partition coefficient (Wildman–Crippen LogP) is 6.83. The largest absolute Gasteiger partial charge is 0.380 e. The van der Waals surface area contributed by atoms with Crippen molar-refractivity contribution in [3.63, 3.8) is 0 Å². The first kappa shape index (κ1) is 43.5. The number of piperidine rings is 3. The number of hydrogen-bond donors (Lipinski definition) is 4. The van der Waals surface area contributed by atoms with Crippen LogP contribution in [0.1, 0.15) is 115 Å². The van der Waals surface area contributed by atoms with E-state index in [4.69, 9.17) is 0 Å². The SMILES string of the molecule is Cc1ccc(NC2CNC2)cc1C(=O)NC(C)c1ccc(C#CC2CCN(CCCCC(=O)N3CCC(c4ccc5c(c4)CCN5[C@@H]4CCC(=O)NC4=O)CC3)CC2)c2ccccc12. The van der Waals surface area contributed by atoms with Crippen molar-refractivity contribution in [1.29, 1.82) is 0 Å². The van der Waals surface area contributed by atoms with Gasteiger partial charge in [-0.25, -0.2) is 0 Å². The van der Waals surface area contributed by atoms with Crippen LogP contribution in [0.4, 0.5) is 11.4 Å². The zero-order valence-corrected chi connectivity index (χ0v) is 37.5. The third kappa shape index (κ3) is 9.84. The Balaban J connectivity index is 0.699. The molecule has 5 aliphatic heterocycles. The number of amides is 4. The molecular formula is C53H63N7O4. The summed E-state index contributed by atoms with van der Waals surface area (Å²) in [6, 6.07) is 25.3. The van der Waals surface area contributed by atoms with Gasteiger partial charge in [-0.2, -0.15) is 0 Å². The molecule has 0 radical (unpaired) electrons. The summed E-state index contributed by atoms with van der Waals surface area (Å²) in [6.45, 7) is 11.4. The highest BCUT2D eigenvalue weighted by atomic mass is 16.2. The highest BCUT2D eigenvalue weighted by Crippen LogP contribution is 2.37. The number of benzene rings is 4. The second kappa shape index (κ2) is 19.6. The maximum Gasteiger partial charge on any atom is 0.252 e. The molecule has 0 bridgehead atoms. The van der Waals surface area contributed by atoms with Crippen LogP contribution in [0.2, 0.25) is 0 Å². The predicted molar refractivity (Wildman–Crippen MR) is 253 cm³/mol. The maximum absolute atomic E-state index is 13.5. The lowest BCUT2D eigenvalue weighted by molar-refractivity contribution is -0.134. The summed E-state index contributed by atoms with van der Waals surface area (Å²) in [5.74, 6) is 7.81. The van der Waals surface area contributed by atoms with Crippen molar-refractivity contribution in [3.8, 4) is 11.8 Å². The summed E-state index contributed by atoms with van der Waals surface area (Å²) in [4.78, 5) is 57.7. The number of fused-ring (bicyclic) bond motifs is 2. The van der Waals surface area contributed by atoms with Crippen molar-refractivity contribution < 1.29 is 19.2 Å². The van der Waals surface area contributed by atoms with Crippen LogP contribution in [0, 0.1) is 24.7 Å². The first-order valence-corrected chi connectivity index (χ1v) is 23.8. The zero-order valence-electron chi connectivity index (χ0n) is 37.5. The fourth-order valence-corrected chi connectivity index (χ4v) is 10.5. The van der Waals surface area contributed by atoms with Crippen molar-refractivity contribution in [2.24, 2.45) is 5.92 Å². The molecule has 64 heavy (non-hydrogen) atoms. The van der Waals surface area contributed by atoms with Crippen LogP contribution in [0.15, 0.2) is 72.8 Å². The maximum atomic E-state index is 13.5. The lowest BCUT2D eigenvalue weighted by Crippen LogP contribution is -2.52. The van der Waals surface area contributed by atoms with E-state index < -0.39 is 0 Å². The standard InChI is InChI=1S/C53H63N7O4/c1-35-10-15-42(56-43-33-54-34-43)32-47(35)52(63)55-36(2)44-16-13-39(45-7-3-4-8-46(44)45)12-11-37-20-26-58(27-21-37)25-6-5-9-51(62)59-28-22-38(23-29-59)40-14-17-48-41(31-40)24-30-60(48)49-18-19-50(61)57-53(49)64/h3-4,7-8,10,13-17,31-32,36-38,43,49,54,56H,5-6,9,18-30,33-34H2,1-2H3,(H,55,63)(H,57,61,64)/t36?,49-/m1/s1. The molecule has 1 unspecified atom stereocenters. The summed E-state index contributed by atoms with van der Waals surface area (Å²) in [5.41, 5.74) is 8.46. The van der Waals surface area contributed by atoms with Crippen LogP contribution in [-0.2, 0) is 20.8 Å². The van der Waals surface area contributed by atoms with Crippen LogP contribution in [0.25, 0.3) is 10.8 Å². The van der Waals surface area contributed by atoms with Crippen LogP contribution in [0.5, 0.6) is 0 Å². The average molecular weight is 862 g/mol. The van der Waals surface area contributed by atoms with Gasteiger partial charge in [0.2, 0.25) is 17.7 Å². The molecule has 9 rings (SSSR count). The number of aryl methyl sites for hydroxylation is 1. The van der Waals surface area contributed by atoms with Crippen molar-refractivity contribution in [3.05, 3.63) is 106 Å². The summed E-state index contributed by atoms with van der Waals surface area (Å²) < 4.78 is 0. The zero-order chi connectivity index (χ0) is 44.2. The summed E-state index contributed by atoms with van der Waals surface area (Å²) >= 11 is 0. The number of unbranched alkanes of at least 4 members (excludes halogenated alkanes) is 1. The molecule has 0 saturated carbocycles. The van der Waals surface area contributed by atoms with Crippen molar-refractivity contribution in [2.45, 2.75) is 102 Å². The van der Waals surface area contributed by atoms with E-state index in [0.29, 0.717) is 42.7 Å². The normalized spacial score (nSPS) is 20.2. The van der Waals surface area contributed by atoms with E-state index in [0.717, 1.165) is 136 Å². The minimum absolute atomic E-state index is 0.0722. The Hall–Kier alpha value is -5.70. The van der Waals surface area contributed by atoms with E-state index in [2.05, 4.69) is 109 Å². The number of nitrogens with zero attached hydrogens (tertiary/aromatic N) is 3. The minimum atomic E-state index is -0.272. The number of likely N-dealkylation sites (tertiary alicyclic amines) is 2. The Morgan fingerprint density at radius 3 is 2.41 bits per heavy atom. The molecular weight excluding hydrogens is 799 g/mol. The molecule has 4 aromatic carbocycles. The second-order valence-electron chi connectivity index (χ2n) is 18.8. The Labute approximate surface area is 378 Å². The average Bonchev–Trinajstić information content (AvgIpc) is 3.72. The first-order valence-electron chi connectivity index (χ1n) is 23.8. The van der Waals surface area contributed by atoms with Crippen molar-refractivity contribution in [2.75, 3.05) is 62.6 Å². The molecule has 4 fully saturated rings. The second-order valence-corrected chi connectivity index (χ2v) is 18.8. The number of nitrogens with one attached hydrogen (secondary N) is 4. The Morgan fingerprint density at radius 2 is 1.64 bits per heavy atom. The summed E-state index contributed by atoms with van der Waals surface area (Å²) in [7, 11) is 0. The van der Waals surface area contributed by atoms with E-state index in [9.17, 15) is 19.2 Å². The fraction of sp³-hybridized carbons (Fsp3) is 0.472. The fourth-order valence-electron chi connectivity index (χ4n) is 10.5. The highest BCUT2D eigenvalue weighted by molar-refractivity contribution is 6.02. The molecule has 334 valence electrons. The number of rotatable bonds is 12. The van der Waals surface area contributed by atoms with Gasteiger partial charge in [0.15, 0.2) is 0 Å². The molecule has 0 spiro atoms. The van der Waals surface area contributed by atoms with Gasteiger partial charge in [-0.3, -0.25) is 24.5 Å². The van der Waals surface area contributed by atoms with Crippen LogP contribution in [0.3, 0.4) is 0 Å². The van der Waals surface area contributed by atoms with Crippen molar-refractivity contribution >= 4 is 45.8 Å². The number of carbonyl (C=O) groups is 4. The summed E-state index contributed by atoms with van der Waals surface area (Å²) in [5, 5.41) is 14.8. The number of hydrogen-bond acceptors (Lipinski definition) is 8. The molecule has 4 N–H and O–H groups in total. The lowest BCUT2D eigenvalue weighted by atomic mass is 9.88. The molecule has 5 aliphatic rings. The van der Waals surface area contributed by atoms with Gasteiger partial charge < -0.3 is 30.7 Å². The molecule has 4 aromatic rings. The molecule has 11 nitrogen and oxygen atoms in total. The smallest absolute Gasteiger partial charge is 0.252 e. The van der Waals surface area contributed by atoms with Gasteiger partial charge >= 0.3 is 0 Å². The molecule has 4 amide bonds. The van der Waals surface area contributed by atoms with Gasteiger partial charge in [0.05, 0.1) is 12.1 Å². The minimum Gasteiger partial charge on any atom is -0.380 e. The monoisotopic (exact) mass is 861 g/mol. The van der Waals surface area contributed by atoms with Gasteiger partial charge in [-0.1, -0.05) is 60.4 Å². The van der Waals surface area contributed by atoms with Crippen LogP contribution < -0.4 is 26.2 Å². The number of carbonyl (C=O) groups excluding carboxylic acids is 4. The molecule has 0 aliphatic carbocycles. The number of anilines is 2. The Bertz CT molecular complexity index is 2450. The van der Waals surface area contributed by atoms with E-state index in [-0.39, 0.29) is 35.7 Å². The van der Waals surface area contributed by atoms with Crippen LogP contribution in [-0.4, -0.2) is 97.9 Å². The highest BCUT2D eigenvalue weighted by Gasteiger charge is 2.35. The van der Waals surface area contributed by atoms with E-state index in [1.165, 1.54) is 11.1 Å². The quantitative estimate of drug-likeness (QED) is 0.0695. The van der Waals surface area contributed by atoms with Crippen LogP contribution >= 0.6 is 0 Å². The van der Waals surface area contributed by atoms with E-state index in [1.54, 1.807) is 0 Å². The van der Waals surface area contributed by atoms with E-state index in [1.807, 2.05) is 25.1 Å². The van der Waals surface area contributed by atoms with Gasteiger partial charge in [0, 0.05) is 74.0 Å². The third-order valence-corrected chi connectivity index (χ3v) is 14.5. The molecule has 2 atom stereocenters. The lowest BCUT2D eigenvalue weighted by Gasteiger charge is -2.33. The topological polar surface area (TPSA) is 126 Å². The molecule has 5 heterocycles. The third-order valence-electron chi connectivity index (χ3n) is 14.5. The number of imide groups is 1. The molecule has 4 saturated heterocycles. The molecule has 11 heteroatoms. The first-order chi connectivity index (χ1) is 31.2. The van der Waals surface area contributed by atoms with Gasteiger partial charge in [0.1, 0.15) is 6.04 Å².